The number of carbonyl (C=O) groups is 4. The van der Waals surface area contributed by atoms with Gasteiger partial charge in [0.15, 0.2) is 12.4 Å². The molecule has 0 radical (unpaired) electrons. The van der Waals surface area contributed by atoms with Crippen LogP contribution in [0.4, 0.5) is 5.69 Å². The number of hydrogen-bond acceptors (Lipinski definition) is 6. The molecule has 1 fully saturated rings. The fourth-order valence-corrected chi connectivity index (χ4v) is 4.03. The topological polar surface area (TPSA) is 90.0 Å². The van der Waals surface area contributed by atoms with E-state index < -0.39 is 30.2 Å². The summed E-state index contributed by atoms with van der Waals surface area (Å²) in [6.45, 7) is 5.62. The van der Waals surface area contributed by atoms with Gasteiger partial charge in [0.1, 0.15) is 5.75 Å². The number of aryl methyl sites for hydroxylation is 2. The van der Waals surface area contributed by atoms with Crippen LogP contribution in [0.5, 0.6) is 5.75 Å². The first-order chi connectivity index (χ1) is 17.2. The molecule has 0 aromatic heterocycles. The van der Waals surface area contributed by atoms with Crippen molar-refractivity contribution >= 4 is 29.3 Å². The highest BCUT2D eigenvalue weighted by Gasteiger charge is 2.37. The molecule has 1 atom stereocenters. The van der Waals surface area contributed by atoms with Crippen molar-refractivity contribution in [3.63, 3.8) is 0 Å². The molecule has 0 N–H and O–H groups in total. The molecule has 1 saturated heterocycles. The zero-order valence-corrected chi connectivity index (χ0v) is 20.4. The Labute approximate surface area is 209 Å². The fourth-order valence-electron chi connectivity index (χ4n) is 4.03. The second-order valence-corrected chi connectivity index (χ2v) is 8.94. The summed E-state index contributed by atoms with van der Waals surface area (Å²) in [6, 6.07) is 18.8. The molecule has 7 nitrogen and oxygen atoms in total. The summed E-state index contributed by atoms with van der Waals surface area (Å²) in [5, 5.41) is 0. The van der Waals surface area contributed by atoms with Gasteiger partial charge in [-0.2, -0.15) is 0 Å². The number of Topliss-reactive ketones (excluding diaryl/α,β-unsaturated/α-hetero) is 1. The molecule has 1 aliphatic heterocycles. The van der Waals surface area contributed by atoms with Crippen LogP contribution in [0, 0.1) is 26.7 Å². The van der Waals surface area contributed by atoms with E-state index in [9.17, 15) is 19.2 Å². The molecule has 7 heteroatoms. The zero-order chi connectivity index (χ0) is 25.8. The number of anilines is 1. The Kier molecular flexibility index (Phi) is 7.29. The largest absolute Gasteiger partial charge is 0.457 e. The maximum Gasteiger partial charge on any atom is 0.343 e. The third-order valence-electron chi connectivity index (χ3n) is 6.34. The number of carbonyl (C=O) groups excluding carboxylic acids is 4. The summed E-state index contributed by atoms with van der Waals surface area (Å²) in [7, 11) is 0. The van der Waals surface area contributed by atoms with Crippen molar-refractivity contribution in [1.82, 2.24) is 0 Å². The second kappa shape index (κ2) is 10.6. The van der Waals surface area contributed by atoms with Gasteiger partial charge in [-0.25, -0.2) is 4.79 Å². The molecule has 1 aliphatic rings. The summed E-state index contributed by atoms with van der Waals surface area (Å²) in [6.07, 6.45) is 0.0431. The van der Waals surface area contributed by atoms with Gasteiger partial charge >= 0.3 is 11.9 Å². The van der Waals surface area contributed by atoms with Crippen molar-refractivity contribution in [2.75, 3.05) is 18.1 Å². The highest BCUT2D eigenvalue weighted by Crippen LogP contribution is 2.30. The molecular weight excluding hydrogens is 458 g/mol. The smallest absolute Gasteiger partial charge is 0.343 e. The minimum Gasteiger partial charge on any atom is -0.457 e. The van der Waals surface area contributed by atoms with Crippen LogP contribution in [0.25, 0.3) is 0 Å². The molecule has 36 heavy (non-hydrogen) atoms. The number of benzene rings is 3. The Morgan fingerprint density at radius 3 is 2.25 bits per heavy atom. The van der Waals surface area contributed by atoms with Gasteiger partial charge in [0.25, 0.3) is 0 Å². The number of hydrogen-bond donors (Lipinski definition) is 0. The Bertz CT molecular complexity index is 1310. The van der Waals surface area contributed by atoms with Crippen LogP contribution in [0.1, 0.15) is 43.8 Å². The van der Waals surface area contributed by atoms with Gasteiger partial charge in [-0.1, -0.05) is 29.8 Å². The molecule has 0 saturated carbocycles. The zero-order valence-electron chi connectivity index (χ0n) is 20.4. The lowest BCUT2D eigenvalue weighted by Crippen LogP contribution is -2.27. The summed E-state index contributed by atoms with van der Waals surface area (Å²) in [5.41, 5.74) is 4.62. The van der Waals surface area contributed by atoms with Crippen molar-refractivity contribution in [2.45, 2.75) is 27.2 Å². The standard InChI is InChI=1S/C29H27NO6/c1-18-7-9-22(10-8-18)29(34)36-24-13-11-21(12-14-24)26(31)17-35-28(33)23-15-27(32)30(16-23)25-6-4-5-19(2)20(25)3/h4-14,23H,15-17H2,1-3H3/t23-/m0/s1. The third-order valence-corrected chi connectivity index (χ3v) is 6.34. The van der Waals surface area contributed by atoms with Gasteiger partial charge in [0, 0.05) is 24.2 Å². The summed E-state index contributed by atoms with van der Waals surface area (Å²) < 4.78 is 10.6. The Morgan fingerprint density at radius 2 is 1.56 bits per heavy atom. The Hall–Kier alpha value is -4.26. The van der Waals surface area contributed by atoms with Crippen LogP contribution < -0.4 is 9.64 Å². The van der Waals surface area contributed by atoms with E-state index in [2.05, 4.69) is 0 Å². The molecule has 0 bridgehead atoms. The molecule has 3 aromatic carbocycles. The number of amides is 1. The lowest BCUT2D eigenvalue weighted by atomic mass is 10.1. The van der Waals surface area contributed by atoms with E-state index in [4.69, 9.17) is 9.47 Å². The van der Waals surface area contributed by atoms with Gasteiger partial charge in [-0.15, -0.1) is 0 Å². The van der Waals surface area contributed by atoms with Gasteiger partial charge in [-0.3, -0.25) is 14.4 Å². The van der Waals surface area contributed by atoms with Crippen LogP contribution in [-0.2, 0) is 14.3 Å². The maximum atomic E-state index is 12.6. The molecule has 184 valence electrons. The molecule has 1 heterocycles. The third kappa shape index (κ3) is 5.51. The number of esters is 2. The number of ketones is 1. The normalized spacial score (nSPS) is 15.0. The molecule has 4 rings (SSSR count). The first-order valence-corrected chi connectivity index (χ1v) is 11.7. The summed E-state index contributed by atoms with van der Waals surface area (Å²) in [4.78, 5) is 51.5. The van der Waals surface area contributed by atoms with E-state index in [1.807, 2.05) is 51.1 Å². The van der Waals surface area contributed by atoms with Crippen molar-refractivity contribution in [2.24, 2.45) is 5.92 Å². The maximum absolute atomic E-state index is 12.6. The van der Waals surface area contributed by atoms with Crippen molar-refractivity contribution in [1.29, 1.82) is 0 Å². The summed E-state index contributed by atoms with van der Waals surface area (Å²) in [5.74, 6) is -1.95. The van der Waals surface area contributed by atoms with E-state index in [0.717, 1.165) is 22.4 Å². The predicted molar refractivity (Wildman–Crippen MR) is 134 cm³/mol. The van der Waals surface area contributed by atoms with Crippen LogP contribution in [-0.4, -0.2) is 36.8 Å². The second-order valence-electron chi connectivity index (χ2n) is 8.94. The van der Waals surface area contributed by atoms with Crippen molar-refractivity contribution in [3.05, 3.63) is 94.5 Å². The summed E-state index contributed by atoms with van der Waals surface area (Å²) >= 11 is 0. The first-order valence-electron chi connectivity index (χ1n) is 11.7. The van der Waals surface area contributed by atoms with Crippen LogP contribution in [0.15, 0.2) is 66.7 Å². The highest BCUT2D eigenvalue weighted by atomic mass is 16.5. The lowest BCUT2D eigenvalue weighted by Gasteiger charge is -2.20. The van der Waals surface area contributed by atoms with Crippen LogP contribution in [0.3, 0.4) is 0 Å². The van der Waals surface area contributed by atoms with Gasteiger partial charge in [-0.05, 0) is 74.4 Å². The number of ether oxygens (including phenoxy) is 2. The van der Waals surface area contributed by atoms with E-state index in [0.29, 0.717) is 16.9 Å². The van der Waals surface area contributed by atoms with Crippen molar-refractivity contribution in [3.8, 4) is 5.75 Å². The lowest BCUT2D eigenvalue weighted by molar-refractivity contribution is -0.147. The Morgan fingerprint density at radius 1 is 0.889 bits per heavy atom. The highest BCUT2D eigenvalue weighted by molar-refractivity contribution is 6.01. The Balaban J connectivity index is 1.30. The molecule has 1 amide bonds. The molecular formula is C29H27NO6. The average molecular weight is 486 g/mol. The number of rotatable bonds is 7. The van der Waals surface area contributed by atoms with Crippen LogP contribution >= 0.6 is 0 Å². The minimum atomic E-state index is -0.631. The van der Waals surface area contributed by atoms with E-state index in [1.54, 1.807) is 17.0 Å². The molecule has 0 aliphatic carbocycles. The SMILES string of the molecule is Cc1ccc(C(=O)Oc2ccc(C(=O)COC(=O)[C@H]3CC(=O)N(c4cccc(C)c4C)C3)cc2)cc1. The molecule has 0 spiro atoms. The average Bonchev–Trinajstić information content (AvgIpc) is 3.26. The van der Waals surface area contributed by atoms with E-state index in [1.165, 1.54) is 24.3 Å². The monoisotopic (exact) mass is 485 g/mol. The predicted octanol–water partition coefficient (Wildman–Crippen LogP) is 4.61. The first kappa shape index (κ1) is 24.9. The van der Waals surface area contributed by atoms with E-state index >= 15 is 0 Å². The molecule has 0 unspecified atom stereocenters. The molecule has 3 aromatic rings. The van der Waals surface area contributed by atoms with Gasteiger partial charge < -0.3 is 14.4 Å². The quantitative estimate of drug-likeness (QED) is 0.276. The van der Waals surface area contributed by atoms with E-state index in [-0.39, 0.29) is 18.9 Å². The van der Waals surface area contributed by atoms with Gasteiger partial charge in [0.2, 0.25) is 5.91 Å². The van der Waals surface area contributed by atoms with Gasteiger partial charge in [0.05, 0.1) is 11.5 Å². The number of nitrogens with zero attached hydrogens (tertiary/aromatic N) is 1. The van der Waals surface area contributed by atoms with Crippen LogP contribution in [0.2, 0.25) is 0 Å². The van der Waals surface area contributed by atoms with Crippen molar-refractivity contribution < 1.29 is 28.7 Å². The fraction of sp³-hybridized carbons (Fsp3) is 0.241. The minimum absolute atomic E-state index is 0.0431.